The van der Waals surface area contributed by atoms with Crippen LogP contribution in [0, 0.1) is 0 Å². The standard InChI is InChI=1S/C24H26ClN3O3/c1-30-20-11-10-18(25)15-19(20)26-23(29)16-31-21-8-6-7-17-9-12-22(27-24(17)21)28-13-4-2-3-5-14-28/h6-12,15H,2-5,13-14,16H2,1H3,(H,26,29). The van der Waals surface area contributed by atoms with E-state index in [-0.39, 0.29) is 12.5 Å². The minimum Gasteiger partial charge on any atom is -0.495 e. The number of para-hydroxylation sites is 1. The van der Waals surface area contributed by atoms with Crippen molar-refractivity contribution in [3.8, 4) is 11.5 Å². The molecule has 7 heteroatoms. The molecule has 1 aliphatic heterocycles. The highest BCUT2D eigenvalue weighted by atomic mass is 35.5. The van der Waals surface area contributed by atoms with Gasteiger partial charge >= 0.3 is 0 Å². The Morgan fingerprint density at radius 1 is 1.06 bits per heavy atom. The molecule has 2 heterocycles. The molecule has 31 heavy (non-hydrogen) atoms. The summed E-state index contributed by atoms with van der Waals surface area (Å²) in [6.45, 7) is 1.89. The number of hydrogen-bond acceptors (Lipinski definition) is 5. The number of aromatic nitrogens is 1. The van der Waals surface area contributed by atoms with Crippen LogP contribution in [0.2, 0.25) is 5.02 Å². The van der Waals surface area contributed by atoms with E-state index < -0.39 is 0 Å². The van der Waals surface area contributed by atoms with Gasteiger partial charge in [-0.05, 0) is 49.2 Å². The number of anilines is 2. The Labute approximate surface area is 187 Å². The Kier molecular flexibility index (Phi) is 6.77. The van der Waals surface area contributed by atoms with Gasteiger partial charge in [-0.3, -0.25) is 4.79 Å². The fourth-order valence-corrected chi connectivity index (χ4v) is 3.98. The summed E-state index contributed by atoms with van der Waals surface area (Å²) in [6, 6.07) is 14.9. The van der Waals surface area contributed by atoms with E-state index in [0.717, 1.165) is 29.8 Å². The number of benzene rings is 2. The van der Waals surface area contributed by atoms with Gasteiger partial charge < -0.3 is 19.7 Å². The SMILES string of the molecule is COc1ccc(Cl)cc1NC(=O)COc1cccc2ccc(N3CCCCCC3)nc12. The van der Waals surface area contributed by atoms with Gasteiger partial charge in [-0.2, -0.15) is 0 Å². The molecule has 1 aromatic heterocycles. The highest BCUT2D eigenvalue weighted by Crippen LogP contribution is 2.29. The van der Waals surface area contributed by atoms with E-state index in [0.29, 0.717) is 22.2 Å². The number of carbonyl (C=O) groups excluding carboxylic acids is 1. The quantitative estimate of drug-likeness (QED) is 0.565. The molecule has 0 spiro atoms. The van der Waals surface area contributed by atoms with Crippen LogP contribution in [-0.2, 0) is 4.79 Å². The van der Waals surface area contributed by atoms with Gasteiger partial charge in [-0.1, -0.05) is 36.6 Å². The van der Waals surface area contributed by atoms with Gasteiger partial charge in [-0.25, -0.2) is 4.98 Å². The Bertz CT molecular complexity index is 1070. The number of rotatable bonds is 6. The van der Waals surface area contributed by atoms with Crippen molar-refractivity contribution in [1.29, 1.82) is 0 Å². The molecule has 0 radical (unpaired) electrons. The first-order valence-electron chi connectivity index (χ1n) is 10.5. The zero-order valence-corrected chi connectivity index (χ0v) is 18.3. The van der Waals surface area contributed by atoms with Crippen molar-refractivity contribution >= 4 is 39.9 Å². The lowest BCUT2D eigenvalue weighted by Crippen LogP contribution is -2.24. The van der Waals surface area contributed by atoms with Gasteiger partial charge in [0, 0.05) is 23.5 Å². The molecule has 0 bridgehead atoms. The van der Waals surface area contributed by atoms with Gasteiger partial charge in [0.1, 0.15) is 22.8 Å². The van der Waals surface area contributed by atoms with E-state index in [9.17, 15) is 4.79 Å². The molecule has 0 aliphatic carbocycles. The molecular formula is C24H26ClN3O3. The molecule has 1 aliphatic rings. The average molecular weight is 440 g/mol. The summed E-state index contributed by atoms with van der Waals surface area (Å²) in [5.41, 5.74) is 1.26. The second kappa shape index (κ2) is 9.88. The molecule has 6 nitrogen and oxygen atoms in total. The topological polar surface area (TPSA) is 63.7 Å². The number of hydrogen-bond donors (Lipinski definition) is 1. The largest absolute Gasteiger partial charge is 0.495 e. The molecule has 1 N–H and O–H groups in total. The van der Waals surface area contributed by atoms with Gasteiger partial charge in [0.25, 0.3) is 5.91 Å². The van der Waals surface area contributed by atoms with Crippen molar-refractivity contribution in [3.63, 3.8) is 0 Å². The molecule has 1 fully saturated rings. The van der Waals surface area contributed by atoms with E-state index >= 15 is 0 Å². The van der Waals surface area contributed by atoms with E-state index in [1.54, 1.807) is 25.3 Å². The lowest BCUT2D eigenvalue weighted by atomic mass is 10.2. The molecule has 1 amide bonds. The fraction of sp³-hybridized carbons (Fsp3) is 0.333. The normalized spacial score (nSPS) is 14.2. The minimum absolute atomic E-state index is 0.148. The predicted molar refractivity (Wildman–Crippen MR) is 125 cm³/mol. The number of nitrogens with zero attached hydrogens (tertiary/aromatic N) is 2. The maximum atomic E-state index is 12.5. The average Bonchev–Trinajstić information content (AvgIpc) is 3.07. The van der Waals surface area contributed by atoms with Crippen molar-refractivity contribution in [3.05, 3.63) is 53.6 Å². The van der Waals surface area contributed by atoms with Crippen LogP contribution >= 0.6 is 11.6 Å². The van der Waals surface area contributed by atoms with Crippen molar-refractivity contribution in [2.24, 2.45) is 0 Å². The van der Waals surface area contributed by atoms with Crippen LogP contribution < -0.4 is 19.7 Å². The molecule has 1 saturated heterocycles. The Morgan fingerprint density at radius 2 is 1.87 bits per heavy atom. The lowest BCUT2D eigenvalue weighted by molar-refractivity contribution is -0.118. The van der Waals surface area contributed by atoms with Crippen LogP contribution in [0.5, 0.6) is 11.5 Å². The summed E-state index contributed by atoms with van der Waals surface area (Å²) in [4.78, 5) is 19.7. The third-order valence-corrected chi connectivity index (χ3v) is 5.63. The predicted octanol–water partition coefficient (Wildman–Crippen LogP) is 5.29. The first kappa shape index (κ1) is 21.2. The zero-order chi connectivity index (χ0) is 21.6. The molecule has 2 aromatic carbocycles. The molecule has 0 unspecified atom stereocenters. The minimum atomic E-state index is -0.304. The first-order chi connectivity index (χ1) is 15.1. The Hall–Kier alpha value is -2.99. The third-order valence-electron chi connectivity index (χ3n) is 5.39. The smallest absolute Gasteiger partial charge is 0.262 e. The van der Waals surface area contributed by atoms with Crippen molar-refractivity contribution < 1.29 is 14.3 Å². The molecule has 4 rings (SSSR count). The summed E-state index contributed by atoms with van der Waals surface area (Å²) >= 11 is 6.03. The number of pyridine rings is 1. The Balaban J connectivity index is 1.49. The van der Waals surface area contributed by atoms with Crippen molar-refractivity contribution in [1.82, 2.24) is 4.98 Å². The van der Waals surface area contributed by atoms with Crippen LogP contribution in [0.4, 0.5) is 11.5 Å². The van der Waals surface area contributed by atoms with Crippen LogP contribution in [0.3, 0.4) is 0 Å². The number of halogens is 1. The monoisotopic (exact) mass is 439 g/mol. The first-order valence-corrected chi connectivity index (χ1v) is 10.9. The Morgan fingerprint density at radius 3 is 2.65 bits per heavy atom. The van der Waals surface area contributed by atoms with Crippen LogP contribution in [0.25, 0.3) is 10.9 Å². The lowest BCUT2D eigenvalue weighted by Gasteiger charge is -2.22. The fourth-order valence-electron chi connectivity index (χ4n) is 3.81. The van der Waals surface area contributed by atoms with Crippen LogP contribution in [0.1, 0.15) is 25.7 Å². The summed E-state index contributed by atoms with van der Waals surface area (Å²) in [5, 5.41) is 4.28. The number of ether oxygens (including phenoxy) is 2. The van der Waals surface area contributed by atoms with Gasteiger partial charge in [0.15, 0.2) is 6.61 Å². The summed E-state index contributed by atoms with van der Waals surface area (Å²) in [7, 11) is 1.54. The van der Waals surface area contributed by atoms with E-state index in [1.165, 1.54) is 25.7 Å². The van der Waals surface area contributed by atoms with Crippen LogP contribution in [0.15, 0.2) is 48.5 Å². The van der Waals surface area contributed by atoms with Crippen molar-refractivity contribution in [2.45, 2.75) is 25.7 Å². The maximum Gasteiger partial charge on any atom is 0.262 e. The second-order valence-corrected chi connectivity index (χ2v) is 8.02. The molecule has 3 aromatic rings. The second-order valence-electron chi connectivity index (χ2n) is 7.58. The number of carbonyl (C=O) groups is 1. The van der Waals surface area contributed by atoms with E-state index in [4.69, 9.17) is 26.1 Å². The molecule has 162 valence electrons. The summed E-state index contributed by atoms with van der Waals surface area (Å²) < 4.78 is 11.1. The van der Waals surface area contributed by atoms with E-state index in [1.807, 2.05) is 18.2 Å². The number of nitrogens with one attached hydrogen (secondary N) is 1. The summed E-state index contributed by atoms with van der Waals surface area (Å²) in [6.07, 6.45) is 4.91. The highest BCUT2D eigenvalue weighted by molar-refractivity contribution is 6.31. The molecule has 0 saturated carbocycles. The zero-order valence-electron chi connectivity index (χ0n) is 17.6. The highest BCUT2D eigenvalue weighted by Gasteiger charge is 2.14. The molecular weight excluding hydrogens is 414 g/mol. The van der Waals surface area contributed by atoms with Crippen LogP contribution in [-0.4, -0.2) is 37.7 Å². The van der Waals surface area contributed by atoms with Gasteiger partial charge in [0.05, 0.1) is 12.8 Å². The number of amides is 1. The van der Waals surface area contributed by atoms with Gasteiger partial charge in [0.2, 0.25) is 0 Å². The third kappa shape index (κ3) is 5.20. The summed E-state index contributed by atoms with van der Waals surface area (Å²) in [5.74, 6) is 1.77. The number of methoxy groups -OCH3 is 1. The van der Waals surface area contributed by atoms with Crippen molar-refractivity contribution in [2.75, 3.05) is 37.0 Å². The maximum absolute atomic E-state index is 12.5. The number of fused-ring (bicyclic) bond motifs is 1. The van der Waals surface area contributed by atoms with Gasteiger partial charge in [-0.15, -0.1) is 0 Å². The molecule has 0 atom stereocenters. The van der Waals surface area contributed by atoms with E-state index in [2.05, 4.69) is 22.3 Å².